The van der Waals surface area contributed by atoms with Gasteiger partial charge in [-0.1, -0.05) is 18.2 Å². The van der Waals surface area contributed by atoms with Crippen molar-refractivity contribution in [3.05, 3.63) is 59.7 Å². The van der Waals surface area contributed by atoms with Crippen molar-refractivity contribution >= 4 is 12.0 Å². The summed E-state index contributed by atoms with van der Waals surface area (Å²) in [6.45, 7) is 0.330. The minimum atomic E-state index is -4.77. The van der Waals surface area contributed by atoms with Crippen LogP contribution in [0.2, 0.25) is 0 Å². The van der Waals surface area contributed by atoms with E-state index in [2.05, 4.69) is 4.74 Å². The van der Waals surface area contributed by atoms with Gasteiger partial charge in [0.1, 0.15) is 17.2 Å². The highest BCUT2D eigenvalue weighted by Crippen LogP contribution is 2.28. The minimum Gasteiger partial charge on any atom is -0.493 e. The van der Waals surface area contributed by atoms with Crippen LogP contribution in [0.15, 0.2) is 54.1 Å². The summed E-state index contributed by atoms with van der Waals surface area (Å²) in [6, 6.07) is 11.9. The number of hydrogen-bond donors (Lipinski definition) is 0. The topological polar surface area (TPSA) is 44.8 Å². The molecule has 130 valence electrons. The maximum Gasteiger partial charge on any atom is 0.573 e. The van der Waals surface area contributed by atoms with Crippen LogP contribution in [0, 0.1) is 0 Å². The number of ether oxygens (including phenoxy) is 3. The second kappa shape index (κ2) is 6.88. The molecule has 0 fully saturated rings. The normalized spacial score (nSPS) is 13.8. The van der Waals surface area contributed by atoms with Crippen LogP contribution in [0.4, 0.5) is 13.2 Å². The van der Waals surface area contributed by atoms with E-state index in [9.17, 15) is 18.0 Å². The summed E-state index contributed by atoms with van der Waals surface area (Å²) in [5.41, 5.74) is 1.18. The average Bonchev–Trinajstić information content (AvgIpc) is 2.77. The number of rotatable bonds is 3. The number of benzene rings is 2. The first-order valence-electron chi connectivity index (χ1n) is 7.41. The fourth-order valence-electron chi connectivity index (χ4n) is 2.30. The summed E-state index contributed by atoms with van der Waals surface area (Å²) in [7, 11) is 0. The molecule has 25 heavy (non-hydrogen) atoms. The lowest BCUT2D eigenvalue weighted by Gasteiger charge is -2.10. The van der Waals surface area contributed by atoms with Crippen LogP contribution in [-0.2, 0) is 4.79 Å². The van der Waals surface area contributed by atoms with Crippen molar-refractivity contribution in [1.82, 2.24) is 0 Å². The molecule has 1 heterocycles. The molecule has 0 aromatic heterocycles. The zero-order chi connectivity index (χ0) is 17.9. The first kappa shape index (κ1) is 16.9. The summed E-state index contributed by atoms with van der Waals surface area (Å²) in [4.78, 5) is 12.3. The molecule has 0 N–H and O–H groups in total. The van der Waals surface area contributed by atoms with Gasteiger partial charge in [-0.3, -0.25) is 0 Å². The second-order valence-corrected chi connectivity index (χ2v) is 5.21. The Bertz CT molecular complexity index is 795. The van der Waals surface area contributed by atoms with Crippen LogP contribution in [0.5, 0.6) is 17.2 Å². The second-order valence-electron chi connectivity index (χ2n) is 5.21. The Labute approximate surface area is 141 Å². The number of carbonyl (C=O) groups is 1. The van der Waals surface area contributed by atoms with Crippen LogP contribution in [0.1, 0.15) is 12.0 Å². The largest absolute Gasteiger partial charge is 0.573 e. The van der Waals surface area contributed by atoms with Crippen LogP contribution in [0.3, 0.4) is 0 Å². The van der Waals surface area contributed by atoms with E-state index in [4.69, 9.17) is 9.47 Å². The van der Waals surface area contributed by atoms with Crippen LogP contribution in [-0.4, -0.2) is 18.9 Å². The summed E-state index contributed by atoms with van der Waals surface area (Å²) in [6.07, 6.45) is -2.72. The fourth-order valence-corrected chi connectivity index (χ4v) is 2.30. The Morgan fingerprint density at radius 2 is 1.68 bits per heavy atom. The Hall–Kier alpha value is -2.96. The number of alkyl halides is 3. The van der Waals surface area contributed by atoms with Gasteiger partial charge in [0.2, 0.25) is 0 Å². The molecular weight excluding hydrogens is 337 g/mol. The van der Waals surface area contributed by atoms with Crippen molar-refractivity contribution in [3.8, 4) is 17.2 Å². The van der Waals surface area contributed by atoms with E-state index in [1.807, 2.05) is 18.2 Å². The monoisotopic (exact) mass is 350 g/mol. The van der Waals surface area contributed by atoms with E-state index in [1.165, 1.54) is 12.1 Å². The average molecular weight is 350 g/mol. The smallest absolute Gasteiger partial charge is 0.493 e. The molecule has 4 nitrogen and oxygen atoms in total. The van der Waals surface area contributed by atoms with Gasteiger partial charge in [-0.15, -0.1) is 13.2 Å². The van der Waals surface area contributed by atoms with Crippen molar-refractivity contribution in [3.63, 3.8) is 0 Å². The summed E-state index contributed by atoms with van der Waals surface area (Å²) < 4.78 is 50.9. The van der Waals surface area contributed by atoms with E-state index in [-0.39, 0.29) is 11.5 Å². The Balaban J connectivity index is 1.71. The van der Waals surface area contributed by atoms with Gasteiger partial charge < -0.3 is 14.2 Å². The third kappa shape index (κ3) is 4.53. The van der Waals surface area contributed by atoms with Crippen molar-refractivity contribution in [2.24, 2.45) is 0 Å². The Morgan fingerprint density at radius 3 is 2.40 bits per heavy atom. The predicted octanol–water partition coefficient (Wildman–Crippen LogP) is 4.36. The van der Waals surface area contributed by atoms with Crippen molar-refractivity contribution in [1.29, 1.82) is 0 Å². The molecule has 0 spiro atoms. The maximum atomic E-state index is 12.3. The molecule has 7 heteroatoms. The molecule has 1 aliphatic rings. The third-order valence-corrected chi connectivity index (χ3v) is 3.41. The third-order valence-electron chi connectivity index (χ3n) is 3.41. The van der Waals surface area contributed by atoms with Crippen LogP contribution in [0.25, 0.3) is 6.08 Å². The van der Waals surface area contributed by atoms with Gasteiger partial charge in [-0.05, 0) is 36.4 Å². The lowest BCUT2D eigenvalue weighted by atomic mass is 10.1. The number of halogens is 3. The highest BCUT2D eigenvalue weighted by atomic mass is 19.4. The number of fused-ring (bicyclic) bond motifs is 1. The summed E-state index contributed by atoms with van der Waals surface area (Å²) in [5, 5.41) is 0. The molecule has 3 rings (SSSR count). The van der Waals surface area contributed by atoms with Gasteiger partial charge >= 0.3 is 12.3 Å². The van der Waals surface area contributed by atoms with Gasteiger partial charge in [0, 0.05) is 17.6 Å². The fraction of sp³-hybridized carbons (Fsp3) is 0.167. The molecule has 0 atom stereocenters. The molecular formula is C18H13F3O4. The number of para-hydroxylation sites is 1. The van der Waals surface area contributed by atoms with Gasteiger partial charge in [0.25, 0.3) is 0 Å². The zero-order valence-electron chi connectivity index (χ0n) is 12.9. The minimum absolute atomic E-state index is 0.124. The molecule has 1 aliphatic heterocycles. The molecule has 2 aromatic carbocycles. The molecule has 0 bridgehead atoms. The quantitative estimate of drug-likeness (QED) is 0.610. The number of hydrogen-bond acceptors (Lipinski definition) is 4. The highest BCUT2D eigenvalue weighted by Gasteiger charge is 2.31. The van der Waals surface area contributed by atoms with Gasteiger partial charge in [-0.25, -0.2) is 4.79 Å². The van der Waals surface area contributed by atoms with Gasteiger partial charge in [0.15, 0.2) is 0 Å². The molecule has 2 aromatic rings. The van der Waals surface area contributed by atoms with Crippen molar-refractivity contribution in [2.75, 3.05) is 6.61 Å². The highest BCUT2D eigenvalue weighted by molar-refractivity contribution is 5.95. The van der Waals surface area contributed by atoms with Crippen LogP contribution < -0.4 is 14.2 Å². The SMILES string of the molecule is O=C(Oc1ccc(OC(F)(F)F)cc1)C1=Cc2ccccc2OCC1. The molecule has 0 aliphatic carbocycles. The zero-order valence-corrected chi connectivity index (χ0v) is 12.9. The van der Waals surface area contributed by atoms with Gasteiger partial charge in [-0.2, -0.15) is 0 Å². The van der Waals surface area contributed by atoms with E-state index in [0.717, 1.165) is 17.7 Å². The molecule has 0 radical (unpaired) electrons. The first-order valence-corrected chi connectivity index (χ1v) is 7.41. The number of carbonyl (C=O) groups excluding carboxylic acids is 1. The predicted molar refractivity (Wildman–Crippen MR) is 83.3 cm³/mol. The summed E-state index contributed by atoms with van der Waals surface area (Å²) in [5.74, 6) is -0.161. The van der Waals surface area contributed by atoms with E-state index in [1.54, 1.807) is 12.1 Å². The number of esters is 1. The van der Waals surface area contributed by atoms with E-state index < -0.39 is 12.3 Å². The Morgan fingerprint density at radius 1 is 1.00 bits per heavy atom. The van der Waals surface area contributed by atoms with Crippen LogP contribution >= 0.6 is 0 Å². The Kier molecular flexibility index (Phi) is 4.65. The van der Waals surface area contributed by atoms with Crippen molar-refractivity contribution < 1.29 is 32.2 Å². The lowest BCUT2D eigenvalue weighted by molar-refractivity contribution is -0.274. The van der Waals surface area contributed by atoms with E-state index >= 15 is 0 Å². The standard InChI is InChI=1S/C18H13F3O4/c19-18(20,21)25-15-7-5-14(6-8-15)24-17(22)13-9-10-23-16-4-2-1-3-12(16)11-13/h1-8,11H,9-10H2. The lowest BCUT2D eigenvalue weighted by Crippen LogP contribution is -2.17. The summed E-state index contributed by atoms with van der Waals surface area (Å²) >= 11 is 0. The molecule has 0 saturated heterocycles. The molecule has 0 amide bonds. The van der Waals surface area contributed by atoms with Gasteiger partial charge in [0.05, 0.1) is 6.61 Å². The maximum absolute atomic E-state index is 12.3. The van der Waals surface area contributed by atoms with Crippen molar-refractivity contribution in [2.45, 2.75) is 12.8 Å². The first-order chi connectivity index (χ1) is 11.9. The molecule has 0 saturated carbocycles. The van der Waals surface area contributed by atoms with E-state index in [0.29, 0.717) is 24.4 Å². The molecule has 0 unspecified atom stereocenters.